The van der Waals surface area contributed by atoms with Crippen LogP contribution in [0.5, 0.6) is 11.5 Å². The third kappa shape index (κ3) is 8.77. The van der Waals surface area contributed by atoms with Crippen molar-refractivity contribution in [3.63, 3.8) is 0 Å². The maximum atomic E-state index is 11.9. The number of halogens is 1. The minimum atomic E-state index is -0.451. The molecule has 7 nitrogen and oxygen atoms in total. The SMILES string of the molecule is CCOc1ccc(/C=C/C(=O)NC(=S)NNC(=O)COc2ccc(CC)cc2Br)cc1. The van der Waals surface area contributed by atoms with Crippen molar-refractivity contribution in [1.29, 1.82) is 0 Å². The number of hydrogen-bond donors (Lipinski definition) is 3. The number of amides is 2. The highest BCUT2D eigenvalue weighted by Gasteiger charge is 2.07. The highest BCUT2D eigenvalue weighted by atomic mass is 79.9. The number of carbonyl (C=O) groups excluding carboxylic acids is 2. The van der Waals surface area contributed by atoms with Crippen LogP contribution in [0.25, 0.3) is 6.08 Å². The van der Waals surface area contributed by atoms with E-state index in [9.17, 15) is 9.59 Å². The number of ether oxygens (including phenoxy) is 2. The maximum absolute atomic E-state index is 11.9. The smallest absolute Gasteiger partial charge is 0.276 e. The molecule has 0 aliphatic carbocycles. The molecule has 3 N–H and O–H groups in total. The molecular weight excluding hydrogens is 482 g/mol. The van der Waals surface area contributed by atoms with Crippen LogP contribution < -0.4 is 25.6 Å². The fourth-order valence-electron chi connectivity index (χ4n) is 2.39. The lowest BCUT2D eigenvalue weighted by Gasteiger charge is -2.11. The standard InChI is InChI=1S/C22H24BrN3O4S/c1-3-15-7-11-19(18(23)13-15)30-14-21(28)25-26-22(31)24-20(27)12-8-16-5-9-17(10-6-16)29-4-2/h5-13H,3-4,14H2,1-2H3,(H,25,28)(H2,24,26,27,31)/b12-8+. The Hall–Kier alpha value is -2.91. The van der Waals surface area contributed by atoms with Crippen LogP contribution in [0.3, 0.4) is 0 Å². The van der Waals surface area contributed by atoms with E-state index >= 15 is 0 Å². The van der Waals surface area contributed by atoms with Gasteiger partial charge in [0, 0.05) is 6.08 Å². The zero-order valence-corrected chi connectivity index (χ0v) is 19.6. The molecule has 2 rings (SSSR count). The number of nitrogens with one attached hydrogen (secondary N) is 3. The van der Waals surface area contributed by atoms with Gasteiger partial charge in [0.1, 0.15) is 11.5 Å². The third-order valence-electron chi connectivity index (χ3n) is 3.93. The van der Waals surface area contributed by atoms with Gasteiger partial charge in [-0.25, -0.2) is 0 Å². The van der Waals surface area contributed by atoms with Gasteiger partial charge in [-0.05, 0) is 83.0 Å². The summed E-state index contributed by atoms with van der Waals surface area (Å²) in [6.45, 7) is 4.34. The average molecular weight is 506 g/mol. The van der Waals surface area contributed by atoms with Gasteiger partial charge in [-0.2, -0.15) is 0 Å². The molecule has 2 amide bonds. The van der Waals surface area contributed by atoms with Crippen LogP contribution in [0, 0.1) is 0 Å². The normalized spacial score (nSPS) is 10.4. The van der Waals surface area contributed by atoms with Crippen molar-refractivity contribution >= 4 is 51.2 Å². The molecule has 0 radical (unpaired) electrons. The van der Waals surface area contributed by atoms with Gasteiger partial charge in [0.25, 0.3) is 5.91 Å². The first-order valence-corrected chi connectivity index (χ1v) is 10.8. The van der Waals surface area contributed by atoms with Gasteiger partial charge in [-0.15, -0.1) is 0 Å². The Bertz CT molecular complexity index is 948. The Balaban J connectivity index is 1.71. The van der Waals surface area contributed by atoms with Gasteiger partial charge >= 0.3 is 0 Å². The van der Waals surface area contributed by atoms with Gasteiger partial charge in [-0.3, -0.25) is 25.8 Å². The van der Waals surface area contributed by atoms with Crippen LogP contribution in [0.15, 0.2) is 53.0 Å². The number of benzene rings is 2. The molecule has 0 saturated heterocycles. The summed E-state index contributed by atoms with van der Waals surface area (Å²) in [7, 11) is 0. The van der Waals surface area contributed by atoms with Crippen LogP contribution >= 0.6 is 28.1 Å². The summed E-state index contributed by atoms with van der Waals surface area (Å²) >= 11 is 8.41. The Morgan fingerprint density at radius 1 is 1.06 bits per heavy atom. The largest absolute Gasteiger partial charge is 0.494 e. The van der Waals surface area contributed by atoms with E-state index in [0.717, 1.165) is 27.8 Å². The predicted molar refractivity (Wildman–Crippen MR) is 128 cm³/mol. The molecule has 0 heterocycles. The van der Waals surface area contributed by atoms with Gasteiger partial charge < -0.3 is 9.47 Å². The fourth-order valence-corrected chi connectivity index (χ4v) is 3.08. The zero-order valence-electron chi connectivity index (χ0n) is 17.2. The summed E-state index contributed by atoms with van der Waals surface area (Å²) in [5, 5.41) is 2.40. The number of hydrogen-bond acceptors (Lipinski definition) is 5. The predicted octanol–water partition coefficient (Wildman–Crippen LogP) is 3.52. The highest BCUT2D eigenvalue weighted by Crippen LogP contribution is 2.26. The first-order chi connectivity index (χ1) is 14.9. The van der Waals surface area contributed by atoms with E-state index in [2.05, 4.69) is 39.0 Å². The van der Waals surface area contributed by atoms with Crippen LogP contribution in [0.1, 0.15) is 25.0 Å². The zero-order chi connectivity index (χ0) is 22.6. The van der Waals surface area contributed by atoms with Crippen molar-refractivity contribution in [2.45, 2.75) is 20.3 Å². The quantitative estimate of drug-likeness (QED) is 0.289. The molecule has 0 aliphatic rings. The highest BCUT2D eigenvalue weighted by molar-refractivity contribution is 9.10. The first kappa shape index (κ1) is 24.4. The van der Waals surface area contributed by atoms with Crippen molar-refractivity contribution < 1.29 is 19.1 Å². The third-order valence-corrected chi connectivity index (χ3v) is 4.76. The van der Waals surface area contributed by atoms with Crippen LogP contribution in [0.4, 0.5) is 0 Å². The minimum absolute atomic E-state index is 0.0387. The lowest BCUT2D eigenvalue weighted by molar-refractivity contribution is -0.123. The molecule has 164 valence electrons. The fraction of sp³-hybridized carbons (Fsp3) is 0.227. The van der Waals surface area contributed by atoms with E-state index in [0.29, 0.717) is 12.4 Å². The van der Waals surface area contributed by atoms with Crippen LogP contribution in [-0.4, -0.2) is 30.1 Å². The number of hydrazine groups is 1. The second kappa shape index (κ2) is 12.7. The maximum Gasteiger partial charge on any atom is 0.276 e. The molecule has 0 saturated carbocycles. The summed E-state index contributed by atoms with van der Waals surface area (Å²) in [6, 6.07) is 13.0. The lowest BCUT2D eigenvalue weighted by Crippen LogP contribution is -2.49. The summed E-state index contributed by atoms with van der Waals surface area (Å²) in [6.07, 6.45) is 3.88. The minimum Gasteiger partial charge on any atom is -0.494 e. The summed E-state index contributed by atoms with van der Waals surface area (Å²) in [4.78, 5) is 23.9. The molecule has 31 heavy (non-hydrogen) atoms. The molecule has 2 aromatic rings. The molecule has 0 aliphatic heterocycles. The lowest BCUT2D eigenvalue weighted by atomic mass is 10.2. The van der Waals surface area contributed by atoms with Crippen LogP contribution in [-0.2, 0) is 16.0 Å². The average Bonchev–Trinajstić information content (AvgIpc) is 2.76. The molecule has 0 bridgehead atoms. The second-order valence-corrected chi connectivity index (χ2v) is 7.50. The molecule has 2 aromatic carbocycles. The van der Waals surface area contributed by atoms with Gasteiger partial charge in [0.2, 0.25) is 5.91 Å². The topological polar surface area (TPSA) is 88.7 Å². The number of aryl methyl sites for hydroxylation is 1. The van der Waals surface area contributed by atoms with Crippen LogP contribution in [0.2, 0.25) is 0 Å². The number of rotatable bonds is 8. The van der Waals surface area contributed by atoms with Gasteiger partial charge in [-0.1, -0.05) is 25.1 Å². The molecular formula is C22H24BrN3O4S. The van der Waals surface area contributed by atoms with E-state index in [1.807, 2.05) is 43.3 Å². The Labute approximate surface area is 195 Å². The monoisotopic (exact) mass is 505 g/mol. The van der Waals surface area contributed by atoms with E-state index < -0.39 is 11.8 Å². The van der Waals surface area contributed by atoms with E-state index in [-0.39, 0.29) is 11.7 Å². The van der Waals surface area contributed by atoms with E-state index in [4.69, 9.17) is 21.7 Å². The van der Waals surface area contributed by atoms with Crippen molar-refractivity contribution in [3.05, 3.63) is 64.1 Å². The second-order valence-electron chi connectivity index (χ2n) is 6.23. The summed E-state index contributed by atoms with van der Waals surface area (Å²) in [5.41, 5.74) is 6.82. The molecule has 0 atom stereocenters. The Kier molecular flexibility index (Phi) is 9.99. The Morgan fingerprint density at radius 3 is 2.45 bits per heavy atom. The molecule has 9 heteroatoms. The van der Waals surface area contributed by atoms with E-state index in [1.165, 1.54) is 6.08 Å². The van der Waals surface area contributed by atoms with Crippen molar-refractivity contribution in [2.75, 3.05) is 13.2 Å². The van der Waals surface area contributed by atoms with Crippen molar-refractivity contribution in [1.82, 2.24) is 16.2 Å². The summed E-state index contributed by atoms with van der Waals surface area (Å²) < 4.78 is 11.6. The summed E-state index contributed by atoms with van der Waals surface area (Å²) in [5.74, 6) is 0.437. The number of thiocarbonyl (C=S) groups is 1. The van der Waals surface area contributed by atoms with Crippen molar-refractivity contribution in [3.8, 4) is 11.5 Å². The van der Waals surface area contributed by atoms with Gasteiger partial charge in [0.15, 0.2) is 11.7 Å². The molecule has 0 spiro atoms. The number of carbonyl (C=O) groups is 2. The molecule has 0 fully saturated rings. The van der Waals surface area contributed by atoms with E-state index in [1.54, 1.807) is 12.1 Å². The molecule has 0 unspecified atom stereocenters. The van der Waals surface area contributed by atoms with Gasteiger partial charge in [0.05, 0.1) is 11.1 Å². The Morgan fingerprint density at radius 2 is 1.81 bits per heavy atom. The van der Waals surface area contributed by atoms with Crippen molar-refractivity contribution in [2.24, 2.45) is 0 Å². The molecule has 0 aromatic heterocycles. The first-order valence-electron chi connectivity index (χ1n) is 9.63.